The van der Waals surface area contributed by atoms with Crippen molar-refractivity contribution in [1.29, 1.82) is 0 Å². The fourth-order valence-electron chi connectivity index (χ4n) is 3.03. The van der Waals surface area contributed by atoms with Crippen molar-refractivity contribution in [2.45, 2.75) is 45.8 Å². The van der Waals surface area contributed by atoms with Crippen molar-refractivity contribution < 1.29 is 9.53 Å². The standard InChI is InChI=1S/C18H25N5O2/c1-12-5-6-15(19)14(9-12)16-21-20-11-23(16)13-7-8-22(10-13)17(24)25-18(2,3)4/h5-6,9,11,13H,7-8,10,19H2,1-4H3. The summed E-state index contributed by atoms with van der Waals surface area (Å²) in [7, 11) is 0. The van der Waals surface area contributed by atoms with Gasteiger partial charge in [0.15, 0.2) is 5.82 Å². The summed E-state index contributed by atoms with van der Waals surface area (Å²) in [5, 5.41) is 8.33. The van der Waals surface area contributed by atoms with Crippen LogP contribution >= 0.6 is 0 Å². The van der Waals surface area contributed by atoms with Crippen molar-refractivity contribution >= 4 is 11.8 Å². The quantitative estimate of drug-likeness (QED) is 0.847. The first kappa shape index (κ1) is 17.3. The van der Waals surface area contributed by atoms with Gasteiger partial charge in [0.25, 0.3) is 0 Å². The Kier molecular flexibility index (Phi) is 4.41. The number of carbonyl (C=O) groups is 1. The highest BCUT2D eigenvalue weighted by Crippen LogP contribution is 2.31. The van der Waals surface area contributed by atoms with E-state index in [0.29, 0.717) is 18.8 Å². The number of amides is 1. The summed E-state index contributed by atoms with van der Waals surface area (Å²) in [5.41, 5.74) is 8.28. The van der Waals surface area contributed by atoms with Gasteiger partial charge in [0, 0.05) is 24.3 Å². The summed E-state index contributed by atoms with van der Waals surface area (Å²) in [6.45, 7) is 8.86. The molecule has 1 amide bonds. The van der Waals surface area contributed by atoms with Gasteiger partial charge in [-0.15, -0.1) is 10.2 Å². The second-order valence-corrected chi connectivity index (χ2v) is 7.52. The number of aromatic nitrogens is 3. The van der Waals surface area contributed by atoms with Gasteiger partial charge < -0.3 is 19.9 Å². The lowest BCUT2D eigenvalue weighted by molar-refractivity contribution is 0.0289. The zero-order valence-corrected chi connectivity index (χ0v) is 15.2. The Hall–Kier alpha value is -2.57. The summed E-state index contributed by atoms with van der Waals surface area (Å²) < 4.78 is 7.47. The molecule has 1 aliphatic heterocycles. The minimum Gasteiger partial charge on any atom is -0.444 e. The first-order chi connectivity index (χ1) is 11.7. The number of anilines is 1. The van der Waals surface area contributed by atoms with Crippen molar-refractivity contribution in [3.8, 4) is 11.4 Å². The zero-order chi connectivity index (χ0) is 18.2. The van der Waals surface area contributed by atoms with Crippen LogP contribution in [0.25, 0.3) is 11.4 Å². The molecular weight excluding hydrogens is 318 g/mol. The van der Waals surface area contributed by atoms with E-state index in [-0.39, 0.29) is 12.1 Å². The normalized spacial score (nSPS) is 17.8. The van der Waals surface area contributed by atoms with Crippen LogP contribution in [0.1, 0.15) is 38.8 Å². The third-order valence-corrected chi connectivity index (χ3v) is 4.23. The van der Waals surface area contributed by atoms with E-state index < -0.39 is 5.60 Å². The first-order valence-electron chi connectivity index (χ1n) is 8.48. The van der Waals surface area contributed by atoms with Gasteiger partial charge in [0.2, 0.25) is 0 Å². The van der Waals surface area contributed by atoms with Crippen molar-refractivity contribution in [3.05, 3.63) is 30.1 Å². The monoisotopic (exact) mass is 343 g/mol. The maximum Gasteiger partial charge on any atom is 0.410 e. The fraction of sp³-hybridized carbons (Fsp3) is 0.500. The Morgan fingerprint density at radius 1 is 1.36 bits per heavy atom. The minimum absolute atomic E-state index is 0.109. The van der Waals surface area contributed by atoms with E-state index in [2.05, 4.69) is 10.2 Å². The smallest absolute Gasteiger partial charge is 0.410 e. The lowest BCUT2D eigenvalue weighted by atomic mass is 10.1. The lowest BCUT2D eigenvalue weighted by Gasteiger charge is -2.24. The summed E-state index contributed by atoms with van der Waals surface area (Å²) in [6, 6.07) is 5.97. The van der Waals surface area contributed by atoms with Crippen LogP contribution in [0.5, 0.6) is 0 Å². The minimum atomic E-state index is -0.493. The molecule has 1 unspecified atom stereocenters. The van der Waals surface area contributed by atoms with Crippen LogP contribution < -0.4 is 5.73 Å². The Labute approximate surface area is 147 Å². The number of benzene rings is 1. The number of hydrogen-bond acceptors (Lipinski definition) is 5. The number of likely N-dealkylation sites (tertiary alicyclic amines) is 1. The Morgan fingerprint density at radius 3 is 2.84 bits per heavy atom. The number of ether oxygens (including phenoxy) is 1. The molecule has 25 heavy (non-hydrogen) atoms. The Morgan fingerprint density at radius 2 is 2.12 bits per heavy atom. The molecule has 2 N–H and O–H groups in total. The molecule has 2 aromatic rings. The maximum atomic E-state index is 12.3. The second-order valence-electron chi connectivity index (χ2n) is 7.52. The average Bonchev–Trinajstić information content (AvgIpc) is 3.15. The van der Waals surface area contributed by atoms with Crippen molar-refractivity contribution in [2.24, 2.45) is 0 Å². The molecule has 0 radical (unpaired) electrons. The van der Waals surface area contributed by atoms with Crippen LogP contribution in [0, 0.1) is 6.92 Å². The highest BCUT2D eigenvalue weighted by molar-refractivity contribution is 5.72. The first-order valence-corrected chi connectivity index (χ1v) is 8.48. The van der Waals surface area contributed by atoms with Gasteiger partial charge in [-0.3, -0.25) is 0 Å². The van der Waals surface area contributed by atoms with E-state index in [4.69, 9.17) is 10.5 Å². The third-order valence-electron chi connectivity index (χ3n) is 4.23. The molecule has 3 rings (SSSR count). The van der Waals surface area contributed by atoms with Crippen molar-refractivity contribution in [3.63, 3.8) is 0 Å². The molecule has 1 aliphatic rings. The van der Waals surface area contributed by atoms with Crippen LogP contribution in [-0.4, -0.2) is 44.4 Å². The molecule has 0 aliphatic carbocycles. The van der Waals surface area contributed by atoms with Crippen molar-refractivity contribution in [2.75, 3.05) is 18.8 Å². The molecule has 1 aromatic carbocycles. The van der Waals surface area contributed by atoms with Gasteiger partial charge in [-0.05, 0) is 46.2 Å². The molecule has 0 saturated carbocycles. The highest BCUT2D eigenvalue weighted by atomic mass is 16.6. The molecule has 1 atom stereocenters. The summed E-state index contributed by atoms with van der Waals surface area (Å²) >= 11 is 0. The molecule has 7 nitrogen and oxygen atoms in total. The summed E-state index contributed by atoms with van der Waals surface area (Å²) in [5.74, 6) is 0.734. The van der Waals surface area contributed by atoms with Crippen LogP contribution in [0.2, 0.25) is 0 Å². The van der Waals surface area contributed by atoms with Gasteiger partial charge in [-0.2, -0.15) is 0 Å². The predicted octanol–water partition coefficient (Wildman–Crippen LogP) is 3.02. The fourth-order valence-corrected chi connectivity index (χ4v) is 3.03. The summed E-state index contributed by atoms with van der Waals surface area (Å²) in [6.07, 6.45) is 2.26. The van der Waals surface area contributed by atoms with Gasteiger partial charge in [-0.25, -0.2) is 4.79 Å². The number of aryl methyl sites for hydroxylation is 1. The number of nitrogen functional groups attached to an aromatic ring is 1. The molecule has 1 aromatic heterocycles. The SMILES string of the molecule is Cc1ccc(N)c(-c2nncn2C2CCN(C(=O)OC(C)(C)C)C2)c1. The number of hydrogen-bond donors (Lipinski definition) is 1. The highest BCUT2D eigenvalue weighted by Gasteiger charge is 2.32. The van der Waals surface area contributed by atoms with E-state index in [1.54, 1.807) is 11.2 Å². The lowest BCUT2D eigenvalue weighted by Crippen LogP contribution is -2.35. The average molecular weight is 343 g/mol. The zero-order valence-electron chi connectivity index (χ0n) is 15.2. The van der Waals surface area contributed by atoms with Crippen LogP contribution in [0.4, 0.5) is 10.5 Å². The van der Waals surface area contributed by atoms with Gasteiger partial charge >= 0.3 is 6.09 Å². The van der Waals surface area contributed by atoms with E-state index >= 15 is 0 Å². The molecule has 0 bridgehead atoms. The van der Waals surface area contributed by atoms with E-state index in [9.17, 15) is 4.79 Å². The largest absolute Gasteiger partial charge is 0.444 e. The van der Waals surface area contributed by atoms with Crippen LogP contribution in [0.15, 0.2) is 24.5 Å². The van der Waals surface area contributed by atoms with E-state index in [1.807, 2.05) is 50.5 Å². The Bertz CT molecular complexity index is 778. The topological polar surface area (TPSA) is 86.3 Å². The number of nitrogens with zero attached hydrogens (tertiary/aromatic N) is 4. The van der Waals surface area contributed by atoms with Crippen molar-refractivity contribution in [1.82, 2.24) is 19.7 Å². The molecule has 2 heterocycles. The number of rotatable bonds is 2. The number of carbonyl (C=O) groups excluding carboxylic acids is 1. The maximum absolute atomic E-state index is 12.3. The van der Waals surface area contributed by atoms with Crippen LogP contribution in [-0.2, 0) is 4.74 Å². The molecule has 7 heteroatoms. The van der Waals surface area contributed by atoms with Gasteiger partial charge in [0.05, 0.1) is 6.04 Å². The van der Waals surface area contributed by atoms with Gasteiger partial charge in [0.1, 0.15) is 11.9 Å². The molecule has 1 fully saturated rings. The molecular formula is C18H25N5O2. The number of nitrogens with two attached hydrogens (primary N) is 1. The van der Waals surface area contributed by atoms with Crippen LogP contribution in [0.3, 0.4) is 0 Å². The molecule has 134 valence electrons. The van der Waals surface area contributed by atoms with E-state index in [1.165, 1.54) is 0 Å². The molecule has 1 saturated heterocycles. The van der Waals surface area contributed by atoms with Gasteiger partial charge in [-0.1, -0.05) is 11.6 Å². The molecule has 0 spiro atoms. The Balaban J connectivity index is 1.80. The summed E-state index contributed by atoms with van der Waals surface area (Å²) in [4.78, 5) is 14.0. The second kappa shape index (κ2) is 6.38. The van der Waals surface area contributed by atoms with E-state index in [0.717, 1.165) is 23.4 Å². The third kappa shape index (κ3) is 3.75. The predicted molar refractivity (Wildman–Crippen MR) is 96.1 cm³/mol.